The highest BCUT2D eigenvalue weighted by atomic mass is 79.9. The predicted molar refractivity (Wildman–Crippen MR) is 104 cm³/mol. The van der Waals surface area contributed by atoms with Crippen LogP contribution in [0.3, 0.4) is 0 Å². The normalized spacial score (nSPS) is 12.8. The zero-order chi connectivity index (χ0) is 18.4. The maximum Gasteiger partial charge on any atom is 0.170 e. The molecular weight excluding hydrogens is 408 g/mol. The second-order valence-corrected chi connectivity index (χ2v) is 7.31. The largest absolute Gasteiger partial charge is 0.271 e. The van der Waals surface area contributed by atoms with Crippen LogP contribution in [-0.4, -0.2) is 39.1 Å². The van der Waals surface area contributed by atoms with E-state index in [4.69, 9.17) is 4.98 Å². The summed E-state index contributed by atoms with van der Waals surface area (Å²) in [5, 5.41) is 14.3. The predicted octanol–water partition coefficient (Wildman–Crippen LogP) is 3.23. The van der Waals surface area contributed by atoms with Gasteiger partial charge >= 0.3 is 0 Å². The monoisotopic (exact) mass is 422 g/mol. The van der Waals surface area contributed by atoms with Gasteiger partial charge in [0.25, 0.3) is 0 Å². The van der Waals surface area contributed by atoms with Crippen molar-refractivity contribution < 1.29 is 0 Å². The summed E-state index contributed by atoms with van der Waals surface area (Å²) in [5.41, 5.74) is 2.48. The molecule has 0 aliphatic heterocycles. The molecule has 4 aromatic heterocycles. The summed E-state index contributed by atoms with van der Waals surface area (Å²) in [6, 6.07) is 9.93. The quantitative estimate of drug-likeness (QED) is 0.444. The van der Waals surface area contributed by atoms with Crippen LogP contribution >= 0.6 is 15.9 Å². The van der Waals surface area contributed by atoms with E-state index in [1.54, 1.807) is 23.2 Å². The topological polar surface area (TPSA) is 78.7 Å². The minimum atomic E-state index is 0.107. The van der Waals surface area contributed by atoms with Gasteiger partial charge in [-0.15, -0.1) is 5.10 Å². The Morgan fingerprint density at radius 1 is 1.07 bits per heavy atom. The molecule has 4 heterocycles. The average Bonchev–Trinajstić information content (AvgIpc) is 3.39. The Kier molecular flexibility index (Phi) is 3.75. The maximum absolute atomic E-state index is 4.76. The number of hydrogen-bond donors (Lipinski definition) is 0. The van der Waals surface area contributed by atoms with Gasteiger partial charge in [-0.3, -0.25) is 4.68 Å². The number of rotatable bonds is 4. The van der Waals surface area contributed by atoms with E-state index in [1.807, 2.05) is 45.9 Å². The van der Waals surface area contributed by atoms with Gasteiger partial charge in [0.05, 0.1) is 34.5 Å². The van der Waals surface area contributed by atoms with E-state index in [9.17, 15) is 0 Å². The Hall–Kier alpha value is -3.07. The lowest BCUT2D eigenvalue weighted by atomic mass is 10.2. The first-order valence-corrected chi connectivity index (χ1v) is 9.31. The summed E-state index contributed by atoms with van der Waals surface area (Å²) in [6.07, 6.45) is 7.19. The fourth-order valence-electron chi connectivity index (χ4n) is 3.10. The summed E-state index contributed by atoms with van der Waals surface area (Å²) in [5.74, 6) is 0.860. The van der Waals surface area contributed by atoms with E-state index in [-0.39, 0.29) is 5.92 Å². The summed E-state index contributed by atoms with van der Waals surface area (Å²) in [4.78, 5) is 9.30. The molecule has 0 saturated heterocycles. The van der Waals surface area contributed by atoms with Crippen LogP contribution < -0.4 is 0 Å². The highest BCUT2D eigenvalue weighted by molar-refractivity contribution is 9.10. The van der Waals surface area contributed by atoms with Crippen molar-refractivity contribution in [3.8, 4) is 5.69 Å². The molecule has 0 amide bonds. The second-order valence-electron chi connectivity index (χ2n) is 6.39. The standard InChI is InChI=1S/C18H15BrN8/c1-12(9-25-10-13(19)7-21-25)16-23-18-15-8-22-27(14-5-3-2-4-6-14)17(15)20-11-26(18)24-16/h2-8,10-12H,9H2,1H3/t12-/m1/s1. The first-order valence-electron chi connectivity index (χ1n) is 8.51. The molecule has 0 radical (unpaired) electrons. The number of hydrogen-bond acceptors (Lipinski definition) is 5. The Balaban J connectivity index is 1.55. The third-order valence-corrected chi connectivity index (χ3v) is 4.84. The van der Waals surface area contributed by atoms with Gasteiger partial charge < -0.3 is 0 Å². The first-order chi connectivity index (χ1) is 13.2. The third kappa shape index (κ3) is 2.80. The summed E-state index contributed by atoms with van der Waals surface area (Å²) in [7, 11) is 0. The molecule has 9 heteroatoms. The first kappa shape index (κ1) is 16.1. The summed E-state index contributed by atoms with van der Waals surface area (Å²) >= 11 is 3.42. The van der Waals surface area contributed by atoms with Crippen LogP contribution in [0.1, 0.15) is 18.7 Å². The smallest absolute Gasteiger partial charge is 0.170 e. The Morgan fingerprint density at radius 2 is 1.93 bits per heavy atom. The molecule has 0 N–H and O–H groups in total. The van der Waals surface area contributed by atoms with E-state index >= 15 is 0 Å². The maximum atomic E-state index is 4.76. The van der Waals surface area contributed by atoms with E-state index in [2.05, 4.69) is 43.1 Å². The van der Waals surface area contributed by atoms with E-state index in [0.717, 1.165) is 32.7 Å². The number of halogens is 1. The number of aromatic nitrogens is 8. The molecule has 134 valence electrons. The SMILES string of the molecule is C[C@H](Cn1cc(Br)cn1)c1nc2c3cnn(-c4ccccc4)c3ncn2n1. The highest BCUT2D eigenvalue weighted by Crippen LogP contribution is 2.22. The van der Waals surface area contributed by atoms with Crippen molar-refractivity contribution in [3.63, 3.8) is 0 Å². The van der Waals surface area contributed by atoms with Gasteiger partial charge in [0.2, 0.25) is 0 Å². The van der Waals surface area contributed by atoms with Gasteiger partial charge in [-0.25, -0.2) is 19.2 Å². The van der Waals surface area contributed by atoms with Crippen molar-refractivity contribution in [2.24, 2.45) is 0 Å². The molecule has 0 spiro atoms. The third-order valence-electron chi connectivity index (χ3n) is 4.43. The Bertz CT molecular complexity index is 1240. The van der Waals surface area contributed by atoms with Crippen molar-refractivity contribution in [1.82, 2.24) is 39.1 Å². The minimum Gasteiger partial charge on any atom is -0.271 e. The fourth-order valence-corrected chi connectivity index (χ4v) is 3.43. The molecule has 0 unspecified atom stereocenters. The Morgan fingerprint density at radius 3 is 2.70 bits per heavy atom. The van der Waals surface area contributed by atoms with Gasteiger partial charge in [-0.05, 0) is 28.1 Å². The zero-order valence-corrected chi connectivity index (χ0v) is 16.0. The summed E-state index contributed by atoms with van der Waals surface area (Å²) in [6.45, 7) is 2.78. The fraction of sp³-hybridized carbons (Fsp3) is 0.167. The molecule has 1 aromatic carbocycles. The molecule has 5 aromatic rings. The van der Waals surface area contributed by atoms with E-state index in [0.29, 0.717) is 6.54 Å². The van der Waals surface area contributed by atoms with Gasteiger partial charge in [-0.1, -0.05) is 25.1 Å². The zero-order valence-electron chi connectivity index (χ0n) is 14.4. The molecule has 8 nitrogen and oxygen atoms in total. The van der Waals surface area contributed by atoms with Crippen LogP contribution in [0.4, 0.5) is 0 Å². The van der Waals surface area contributed by atoms with Crippen LogP contribution in [0, 0.1) is 0 Å². The molecule has 0 aliphatic carbocycles. The van der Waals surface area contributed by atoms with Crippen molar-refractivity contribution in [3.05, 3.63) is 65.5 Å². The van der Waals surface area contributed by atoms with Crippen LogP contribution in [0.15, 0.2) is 59.7 Å². The average molecular weight is 423 g/mol. The molecule has 5 rings (SSSR count). The number of para-hydroxylation sites is 1. The van der Waals surface area contributed by atoms with Crippen LogP contribution in [0.2, 0.25) is 0 Å². The second kappa shape index (κ2) is 6.27. The lowest BCUT2D eigenvalue weighted by Gasteiger charge is -2.06. The van der Waals surface area contributed by atoms with Crippen molar-refractivity contribution >= 4 is 32.6 Å². The van der Waals surface area contributed by atoms with Crippen LogP contribution in [-0.2, 0) is 6.54 Å². The molecule has 0 bridgehead atoms. The van der Waals surface area contributed by atoms with E-state index in [1.165, 1.54) is 0 Å². The Labute approximate surface area is 162 Å². The van der Waals surface area contributed by atoms with E-state index < -0.39 is 0 Å². The number of fused-ring (bicyclic) bond motifs is 3. The van der Waals surface area contributed by atoms with Gasteiger partial charge in [0.1, 0.15) is 6.33 Å². The molecular formula is C18H15BrN8. The minimum absolute atomic E-state index is 0.107. The van der Waals surface area contributed by atoms with Crippen LogP contribution in [0.5, 0.6) is 0 Å². The molecule has 1 atom stereocenters. The number of benzene rings is 1. The van der Waals surface area contributed by atoms with Crippen molar-refractivity contribution in [2.45, 2.75) is 19.4 Å². The van der Waals surface area contributed by atoms with Crippen LogP contribution in [0.25, 0.3) is 22.4 Å². The molecule has 0 saturated carbocycles. The highest BCUT2D eigenvalue weighted by Gasteiger charge is 2.17. The number of nitrogens with zero attached hydrogens (tertiary/aromatic N) is 8. The van der Waals surface area contributed by atoms with Crippen molar-refractivity contribution in [2.75, 3.05) is 0 Å². The summed E-state index contributed by atoms with van der Waals surface area (Å²) < 4.78 is 6.36. The van der Waals surface area contributed by atoms with Gasteiger partial charge in [0, 0.05) is 12.1 Å². The van der Waals surface area contributed by atoms with Crippen molar-refractivity contribution in [1.29, 1.82) is 0 Å². The molecule has 0 fully saturated rings. The molecule has 27 heavy (non-hydrogen) atoms. The van der Waals surface area contributed by atoms with Gasteiger partial charge in [-0.2, -0.15) is 10.2 Å². The van der Waals surface area contributed by atoms with Gasteiger partial charge in [0.15, 0.2) is 17.1 Å². The lowest BCUT2D eigenvalue weighted by molar-refractivity contribution is 0.524. The lowest BCUT2D eigenvalue weighted by Crippen LogP contribution is -2.08. The molecule has 0 aliphatic rings.